The average Bonchev–Trinajstić information content (AvgIpc) is 3.32. The second-order valence-electron chi connectivity index (χ2n) is 6.66. The van der Waals surface area contributed by atoms with Crippen LogP contribution in [0.5, 0.6) is 0 Å². The van der Waals surface area contributed by atoms with Gasteiger partial charge in [-0.3, -0.25) is 4.79 Å². The van der Waals surface area contributed by atoms with E-state index in [9.17, 15) is 4.79 Å². The first-order valence-corrected chi connectivity index (χ1v) is 9.84. The van der Waals surface area contributed by atoms with E-state index in [1.807, 2.05) is 24.3 Å². The van der Waals surface area contributed by atoms with Crippen molar-refractivity contribution in [3.63, 3.8) is 0 Å². The number of nitrogens with one attached hydrogen (secondary N) is 1. The number of carbonyl (C=O) groups excluding carboxylic acids is 1. The Bertz CT molecular complexity index is 981. The van der Waals surface area contributed by atoms with Crippen molar-refractivity contribution in [3.05, 3.63) is 41.0 Å². The molecule has 0 aliphatic carbocycles. The highest BCUT2D eigenvalue weighted by molar-refractivity contribution is 7.22. The zero-order chi connectivity index (χ0) is 19.0. The van der Waals surface area contributed by atoms with Crippen LogP contribution in [0.15, 0.2) is 30.3 Å². The third-order valence-corrected chi connectivity index (χ3v) is 5.90. The van der Waals surface area contributed by atoms with E-state index in [0.717, 1.165) is 33.6 Å². The number of carbonyl (C=O) groups is 1. The van der Waals surface area contributed by atoms with E-state index >= 15 is 0 Å². The van der Waals surface area contributed by atoms with Gasteiger partial charge in [0.1, 0.15) is 0 Å². The lowest BCUT2D eigenvalue weighted by atomic mass is 10.1. The lowest BCUT2D eigenvalue weighted by molar-refractivity contribution is 0.0823. The smallest absolute Gasteiger partial charge is 0.275 e. The molecule has 27 heavy (non-hydrogen) atoms. The SMILES string of the molecule is CN(C)C(=O)c1nnc(NC2CCOC2)c2cc(-c3ccc(Cl)cc3)sc12. The van der Waals surface area contributed by atoms with E-state index in [1.54, 1.807) is 14.1 Å². The number of halogens is 1. The van der Waals surface area contributed by atoms with Crippen LogP contribution in [0.2, 0.25) is 5.02 Å². The molecule has 3 aromatic rings. The molecular formula is C19H19ClN4O2S. The number of amides is 1. The molecule has 1 aromatic carbocycles. The molecule has 1 amide bonds. The van der Waals surface area contributed by atoms with Gasteiger partial charge in [0.25, 0.3) is 5.91 Å². The van der Waals surface area contributed by atoms with Gasteiger partial charge < -0.3 is 15.0 Å². The van der Waals surface area contributed by atoms with E-state index in [-0.39, 0.29) is 11.9 Å². The van der Waals surface area contributed by atoms with Gasteiger partial charge in [-0.1, -0.05) is 23.7 Å². The molecule has 0 bridgehead atoms. The second-order valence-corrected chi connectivity index (χ2v) is 8.15. The van der Waals surface area contributed by atoms with Crippen LogP contribution in [0, 0.1) is 0 Å². The number of nitrogens with zero attached hydrogens (tertiary/aromatic N) is 3. The monoisotopic (exact) mass is 402 g/mol. The molecule has 1 saturated heterocycles. The summed E-state index contributed by atoms with van der Waals surface area (Å²) in [6.07, 6.45) is 0.926. The molecule has 140 valence electrons. The number of thiophene rings is 1. The molecule has 8 heteroatoms. The highest BCUT2D eigenvalue weighted by Gasteiger charge is 2.23. The molecule has 4 rings (SSSR count). The Balaban J connectivity index is 1.83. The Kier molecular flexibility index (Phi) is 4.99. The molecule has 1 unspecified atom stereocenters. The Labute approximate surface area is 166 Å². The van der Waals surface area contributed by atoms with Crippen LogP contribution in [0.25, 0.3) is 20.5 Å². The third-order valence-electron chi connectivity index (χ3n) is 4.46. The van der Waals surface area contributed by atoms with Crippen LogP contribution in [-0.4, -0.2) is 54.4 Å². The zero-order valence-electron chi connectivity index (χ0n) is 15.0. The molecule has 6 nitrogen and oxygen atoms in total. The molecule has 3 heterocycles. The summed E-state index contributed by atoms with van der Waals surface area (Å²) in [7, 11) is 3.43. The fraction of sp³-hybridized carbons (Fsp3) is 0.316. The summed E-state index contributed by atoms with van der Waals surface area (Å²) in [5, 5.41) is 13.6. The summed E-state index contributed by atoms with van der Waals surface area (Å²) in [5.41, 5.74) is 1.41. The van der Waals surface area contributed by atoms with E-state index < -0.39 is 0 Å². The largest absolute Gasteiger partial charge is 0.379 e. The van der Waals surface area contributed by atoms with Crippen molar-refractivity contribution in [2.24, 2.45) is 0 Å². The summed E-state index contributed by atoms with van der Waals surface area (Å²) in [6, 6.07) is 9.93. The van der Waals surface area contributed by atoms with Crippen molar-refractivity contribution < 1.29 is 9.53 Å². The minimum Gasteiger partial charge on any atom is -0.379 e. The normalized spacial score (nSPS) is 16.6. The van der Waals surface area contributed by atoms with E-state index in [4.69, 9.17) is 16.3 Å². The van der Waals surface area contributed by atoms with Gasteiger partial charge in [0, 0.05) is 36.0 Å². The van der Waals surface area contributed by atoms with Gasteiger partial charge in [-0.05, 0) is 30.2 Å². The zero-order valence-corrected chi connectivity index (χ0v) is 16.6. The maximum atomic E-state index is 12.6. The Morgan fingerprint density at radius 3 is 2.74 bits per heavy atom. The second kappa shape index (κ2) is 7.42. The van der Waals surface area contributed by atoms with Gasteiger partial charge in [0.15, 0.2) is 11.5 Å². The number of benzene rings is 1. The summed E-state index contributed by atoms with van der Waals surface area (Å²) >= 11 is 7.55. The van der Waals surface area contributed by atoms with Crippen molar-refractivity contribution in [2.45, 2.75) is 12.5 Å². The van der Waals surface area contributed by atoms with E-state index in [1.165, 1.54) is 16.2 Å². The highest BCUT2D eigenvalue weighted by atomic mass is 35.5. The van der Waals surface area contributed by atoms with Gasteiger partial charge in [0.05, 0.1) is 17.3 Å². The van der Waals surface area contributed by atoms with Crippen molar-refractivity contribution in [3.8, 4) is 10.4 Å². The van der Waals surface area contributed by atoms with Gasteiger partial charge in [-0.2, -0.15) is 0 Å². The molecule has 1 atom stereocenters. The van der Waals surface area contributed by atoms with Crippen molar-refractivity contribution in [1.82, 2.24) is 15.1 Å². The average molecular weight is 403 g/mol. The molecular weight excluding hydrogens is 384 g/mol. The first-order valence-electron chi connectivity index (χ1n) is 8.65. The first kappa shape index (κ1) is 18.2. The standard InChI is InChI=1S/C19H19ClN4O2S/c1-24(2)19(25)16-17-14(18(23-22-16)21-13-7-8-26-10-13)9-15(27-17)11-3-5-12(20)6-4-11/h3-6,9,13H,7-8,10H2,1-2H3,(H,21,23). The molecule has 0 saturated carbocycles. The number of fused-ring (bicyclic) bond motifs is 1. The molecule has 1 aliphatic heterocycles. The molecule has 1 fully saturated rings. The fourth-order valence-electron chi connectivity index (χ4n) is 3.00. The van der Waals surface area contributed by atoms with Crippen molar-refractivity contribution >= 4 is 44.7 Å². The number of rotatable bonds is 4. The highest BCUT2D eigenvalue weighted by Crippen LogP contribution is 2.38. The van der Waals surface area contributed by atoms with Gasteiger partial charge in [-0.25, -0.2) is 0 Å². The van der Waals surface area contributed by atoms with Crippen molar-refractivity contribution in [1.29, 1.82) is 0 Å². The first-order chi connectivity index (χ1) is 13.0. The molecule has 0 radical (unpaired) electrons. The summed E-state index contributed by atoms with van der Waals surface area (Å²) in [6.45, 7) is 1.39. The van der Waals surface area contributed by atoms with E-state index in [0.29, 0.717) is 23.1 Å². The number of ether oxygens (including phenoxy) is 1. The maximum Gasteiger partial charge on any atom is 0.275 e. The van der Waals surface area contributed by atoms with E-state index in [2.05, 4.69) is 21.6 Å². The van der Waals surface area contributed by atoms with Crippen molar-refractivity contribution in [2.75, 3.05) is 32.6 Å². The molecule has 1 N–H and O–H groups in total. The van der Waals surface area contributed by atoms with Crippen LogP contribution >= 0.6 is 22.9 Å². The summed E-state index contributed by atoms with van der Waals surface area (Å²) < 4.78 is 6.27. The van der Waals surface area contributed by atoms with Crippen LogP contribution < -0.4 is 5.32 Å². The number of hydrogen-bond donors (Lipinski definition) is 1. The summed E-state index contributed by atoms with van der Waals surface area (Å²) in [5.74, 6) is 0.528. The summed E-state index contributed by atoms with van der Waals surface area (Å²) in [4.78, 5) is 15.1. The Morgan fingerprint density at radius 1 is 1.30 bits per heavy atom. The number of hydrogen-bond acceptors (Lipinski definition) is 6. The third kappa shape index (κ3) is 3.63. The minimum atomic E-state index is -0.159. The molecule has 2 aromatic heterocycles. The fourth-order valence-corrected chi connectivity index (χ4v) is 4.27. The molecule has 1 aliphatic rings. The minimum absolute atomic E-state index is 0.159. The predicted octanol–water partition coefficient (Wildman–Crippen LogP) is 3.91. The van der Waals surface area contributed by atoms with Crippen LogP contribution in [0.1, 0.15) is 16.9 Å². The number of anilines is 1. The van der Waals surface area contributed by atoms with Crippen LogP contribution in [0.4, 0.5) is 5.82 Å². The Morgan fingerprint density at radius 2 is 2.07 bits per heavy atom. The maximum absolute atomic E-state index is 12.6. The van der Waals surface area contributed by atoms with Gasteiger partial charge in [-0.15, -0.1) is 21.5 Å². The lowest BCUT2D eigenvalue weighted by Gasteiger charge is -2.13. The quantitative estimate of drug-likeness (QED) is 0.716. The van der Waals surface area contributed by atoms with Crippen LogP contribution in [-0.2, 0) is 4.74 Å². The van der Waals surface area contributed by atoms with Crippen LogP contribution in [0.3, 0.4) is 0 Å². The van der Waals surface area contributed by atoms with Gasteiger partial charge in [0.2, 0.25) is 0 Å². The number of aromatic nitrogens is 2. The topological polar surface area (TPSA) is 67.4 Å². The Hall–Kier alpha value is -2.22. The molecule has 0 spiro atoms. The predicted molar refractivity (Wildman–Crippen MR) is 109 cm³/mol. The van der Waals surface area contributed by atoms with Gasteiger partial charge >= 0.3 is 0 Å². The lowest BCUT2D eigenvalue weighted by Crippen LogP contribution is -2.24.